The summed E-state index contributed by atoms with van der Waals surface area (Å²) < 4.78 is 42.3. The molecule has 1 atom stereocenters. The molecule has 1 aromatic carbocycles. The van der Waals surface area contributed by atoms with E-state index in [9.17, 15) is 13.2 Å². The van der Waals surface area contributed by atoms with Crippen LogP contribution in [0.3, 0.4) is 0 Å². The second-order valence-corrected chi connectivity index (χ2v) is 7.75. The predicted molar refractivity (Wildman–Crippen MR) is 95.6 cm³/mol. The molecule has 4 rings (SSSR count). The molecule has 0 saturated heterocycles. The second kappa shape index (κ2) is 6.23. The number of benzene rings is 1. The van der Waals surface area contributed by atoms with Crippen LogP contribution in [0.25, 0.3) is 16.4 Å². The topological polar surface area (TPSA) is 30.7 Å². The van der Waals surface area contributed by atoms with Crippen LogP contribution in [0.15, 0.2) is 29.6 Å². The molecule has 7 heteroatoms. The third-order valence-corrected chi connectivity index (χ3v) is 5.60. The Morgan fingerprint density at radius 2 is 1.92 bits per heavy atom. The Morgan fingerprint density at radius 1 is 1.19 bits per heavy atom. The zero-order valence-electron chi connectivity index (χ0n) is 14.5. The average molecular weight is 377 g/mol. The van der Waals surface area contributed by atoms with Gasteiger partial charge in [0, 0.05) is 16.5 Å². The van der Waals surface area contributed by atoms with Crippen LogP contribution in [0.2, 0.25) is 0 Å². The van der Waals surface area contributed by atoms with E-state index in [0.717, 1.165) is 22.2 Å². The number of aryl methyl sites for hydroxylation is 2. The minimum atomic E-state index is -4.45. The minimum Gasteiger partial charge on any atom is -0.218 e. The van der Waals surface area contributed by atoms with Gasteiger partial charge in [-0.3, -0.25) is 0 Å². The zero-order chi connectivity index (χ0) is 18.5. The van der Waals surface area contributed by atoms with Gasteiger partial charge in [-0.25, -0.2) is 9.67 Å². The first-order valence-electron chi connectivity index (χ1n) is 8.54. The summed E-state index contributed by atoms with van der Waals surface area (Å²) in [5.41, 5.74) is 2.91. The van der Waals surface area contributed by atoms with E-state index in [0.29, 0.717) is 29.8 Å². The molecule has 0 saturated carbocycles. The standard InChI is InChI=1S/C19H18F3N3S/c1-11-3-6-13(7-4-11)16-10-26-18(23-16)25-17(19(20,21)22)14-9-12(2)5-8-15(14)24-25/h3-4,6-7,10,12H,5,8-9H2,1-2H3. The molecular formula is C19H18F3N3S. The van der Waals surface area contributed by atoms with Gasteiger partial charge in [0.1, 0.15) is 0 Å². The van der Waals surface area contributed by atoms with Crippen molar-refractivity contribution in [2.45, 2.75) is 39.3 Å². The molecule has 136 valence electrons. The van der Waals surface area contributed by atoms with Gasteiger partial charge in [0.2, 0.25) is 5.13 Å². The second-order valence-electron chi connectivity index (χ2n) is 6.91. The van der Waals surface area contributed by atoms with E-state index in [1.54, 1.807) is 5.38 Å². The van der Waals surface area contributed by atoms with Gasteiger partial charge in [-0.05, 0) is 32.1 Å². The first kappa shape index (κ1) is 17.3. The van der Waals surface area contributed by atoms with Gasteiger partial charge in [0.15, 0.2) is 5.69 Å². The highest BCUT2D eigenvalue weighted by Crippen LogP contribution is 2.39. The Labute approximate surface area is 153 Å². The lowest BCUT2D eigenvalue weighted by Crippen LogP contribution is -2.18. The van der Waals surface area contributed by atoms with Crippen LogP contribution >= 0.6 is 11.3 Å². The molecule has 0 N–H and O–H groups in total. The monoisotopic (exact) mass is 377 g/mol. The summed E-state index contributed by atoms with van der Waals surface area (Å²) in [6.07, 6.45) is -2.58. The van der Waals surface area contributed by atoms with E-state index in [4.69, 9.17) is 0 Å². The predicted octanol–water partition coefficient (Wildman–Crippen LogP) is 5.45. The number of fused-ring (bicyclic) bond motifs is 1. The fourth-order valence-electron chi connectivity index (χ4n) is 3.39. The molecule has 0 fully saturated rings. The van der Waals surface area contributed by atoms with Crippen molar-refractivity contribution in [3.05, 3.63) is 52.2 Å². The maximum atomic E-state index is 13.8. The van der Waals surface area contributed by atoms with E-state index in [2.05, 4.69) is 10.1 Å². The molecule has 2 heterocycles. The van der Waals surface area contributed by atoms with Crippen molar-refractivity contribution in [2.75, 3.05) is 0 Å². The van der Waals surface area contributed by atoms with E-state index < -0.39 is 11.9 Å². The van der Waals surface area contributed by atoms with Gasteiger partial charge in [0.05, 0.1) is 11.4 Å². The number of hydrogen-bond acceptors (Lipinski definition) is 3. The largest absolute Gasteiger partial charge is 0.433 e. The van der Waals surface area contributed by atoms with Crippen LogP contribution in [0.4, 0.5) is 13.2 Å². The van der Waals surface area contributed by atoms with Crippen LogP contribution in [0, 0.1) is 12.8 Å². The fraction of sp³-hybridized carbons (Fsp3) is 0.368. The number of aromatic nitrogens is 3. The molecule has 0 radical (unpaired) electrons. The molecule has 0 aliphatic heterocycles. The van der Waals surface area contributed by atoms with Crippen LogP contribution in [0.5, 0.6) is 0 Å². The summed E-state index contributed by atoms with van der Waals surface area (Å²) in [5.74, 6) is 0.237. The Bertz CT molecular complexity index is 938. The highest BCUT2D eigenvalue weighted by molar-refractivity contribution is 7.12. The van der Waals surface area contributed by atoms with Crippen LogP contribution in [-0.2, 0) is 19.0 Å². The lowest BCUT2D eigenvalue weighted by atomic mass is 9.87. The van der Waals surface area contributed by atoms with Crippen LogP contribution in [-0.4, -0.2) is 14.8 Å². The quantitative estimate of drug-likeness (QED) is 0.595. The van der Waals surface area contributed by atoms with Gasteiger partial charge in [-0.2, -0.15) is 18.3 Å². The average Bonchev–Trinajstić information content (AvgIpc) is 3.18. The van der Waals surface area contributed by atoms with Gasteiger partial charge in [-0.1, -0.05) is 36.8 Å². The lowest BCUT2D eigenvalue weighted by Gasteiger charge is -2.18. The zero-order valence-corrected chi connectivity index (χ0v) is 15.3. The van der Waals surface area contributed by atoms with E-state index in [1.807, 2.05) is 38.1 Å². The first-order valence-corrected chi connectivity index (χ1v) is 9.42. The van der Waals surface area contributed by atoms with Gasteiger partial charge in [0.25, 0.3) is 0 Å². The van der Waals surface area contributed by atoms with E-state index >= 15 is 0 Å². The maximum Gasteiger partial charge on any atom is 0.433 e. The third-order valence-electron chi connectivity index (χ3n) is 4.78. The van der Waals surface area contributed by atoms with Crippen molar-refractivity contribution in [1.29, 1.82) is 0 Å². The molecule has 3 nitrogen and oxygen atoms in total. The number of nitrogens with zero attached hydrogens (tertiary/aromatic N) is 3. The van der Waals surface area contributed by atoms with Crippen molar-refractivity contribution in [1.82, 2.24) is 14.8 Å². The summed E-state index contributed by atoms with van der Waals surface area (Å²) in [5, 5.41) is 6.33. The molecule has 0 spiro atoms. The SMILES string of the molecule is Cc1ccc(-c2csc(-n3nc4c(c3C(F)(F)F)CC(C)CC4)n2)cc1. The molecule has 0 bridgehead atoms. The smallest absolute Gasteiger partial charge is 0.218 e. The van der Waals surface area contributed by atoms with Crippen molar-refractivity contribution >= 4 is 11.3 Å². The van der Waals surface area contributed by atoms with Gasteiger partial charge >= 0.3 is 6.18 Å². The van der Waals surface area contributed by atoms with Crippen molar-refractivity contribution in [2.24, 2.45) is 5.92 Å². The number of alkyl halides is 3. The number of rotatable bonds is 2. The summed E-state index contributed by atoms with van der Waals surface area (Å²) in [6.45, 7) is 3.97. The highest BCUT2D eigenvalue weighted by Gasteiger charge is 2.42. The maximum absolute atomic E-state index is 13.8. The first-order chi connectivity index (χ1) is 12.3. The van der Waals surface area contributed by atoms with Gasteiger partial charge < -0.3 is 0 Å². The number of halogens is 3. The van der Waals surface area contributed by atoms with E-state index in [-0.39, 0.29) is 11.0 Å². The van der Waals surface area contributed by atoms with Crippen LogP contribution in [0.1, 0.15) is 35.9 Å². The van der Waals surface area contributed by atoms with E-state index in [1.165, 1.54) is 11.3 Å². The molecule has 3 aromatic rings. The molecule has 0 amide bonds. The van der Waals surface area contributed by atoms with Crippen LogP contribution < -0.4 is 0 Å². The summed E-state index contributed by atoms with van der Waals surface area (Å²) in [7, 11) is 0. The summed E-state index contributed by atoms with van der Waals surface area (Å²) in [6, 6.07) is 7.77. The Hall–Kier alpha value is -2.15. The molecule has 2 aromatic heterocycles. The van der Waals surface area contributed by atoms with Crippen molar-refractivity contribution in [3.63, 3.8) is 0 Å². The molecule has 26 heavy (non-hydrogen) atoms. The van der Waals surface area contributed by atoms with Crippen molar-refractivity contribution in [3.8, 4) is 16.4 Å². The van der Waals surface area contributed by atoms with Crippen molar-refractivity contribution < 1.29 is 13.2 Å². The molecule has 1 aliphatic carbocycles. The fourth-order valence-corrected chi connectivity index (χ4v) is 4.18. The molecule has 1 aliphatic rings. The Balaban J connectivity index is 1.80. The highest BCUT2D eigenvalue weighted by atomic mass is 32.1. The third kappa shape index (κ3) is 3.05. The number of thiazole rings is 1. The number of hydrogen-bond donors (Lipinski definition) is 0. The Kier molecular flexibility index (Phi) is 4.14. The Morgan fingerprint density at radius 3 is 2.62 bits per heavy atom. The molecule has 1 unspecified atom stereocenters. The summed E-state index contributed by atoms with van der Waals surface area (Å²) in [4.78, 5) is 4.44. The summed E-state index contributed by atoms with van der Waals surface area (Å²) >= 11 is 1.19. The minimum absolute atomic E-state index is 0.237. The molecular weight excluding hydrogens is 359 g/mol. The lowest BCUT2D eigenvalue weighted by molar-refractivity contribution is -0.143. The normalized spacial score (nSPS) is 17.3. The van der Waals surface area contributed by atoms with Gasteiger partial charge in [-0.15, -0.1) is 11.3 Å².